The summed E-state index contributed by atoms with van der Waals surface area (Å²) in [5.74, 6) is 0. The Bertz CT molecular complexity index is 133. The molecule has 0 spiro atoms. The molecule has 0 aromatic heterocycles. The Morgan fingerprint density at radius 2 is 1.78 bits per heavy atom. The first-order valence-electron chi connectivity index (χ1n) is 1.90. The molecule has 0 heterocycles. The molecule has 0 atom stereocenters. The van der Waals surface area contributed by atoms with Gasteiger partial charge in [-0.05, 0) is 0 Å². The summed E-state index contributed by atoms with van der Waals surface area (Å²) in [7, 11) is -3.20. The first-order chi connectivity index (χ1) is 3.97. The molecule has 0 aliphatic heterocycles. The van der Waals surface area contributed by atoms with Gasteiger partial charge in [0.1, 0.15) is 0 Å². The van der Waals surface area contributed by atoms with E-state index in [-0.39, 0.29) is 0 Å². The highest BCUT2D eigenvalue weighted by Crippen LogP contribution is 2.33. The maximum absolute atomic E-state index is 9.47. The van der Waals surface area contributed by atoms with Crippen LogP contribution in [-0.2, 0) is 9.09 Å². The Balaban J connectivity index is 0. The van der Waals surface area contributed by atoms with Crippen LogP contribution in [0, 0.1) is 11.3 Å². The molecule has 0 saturated heterocycles. The molecule has 0 saturated carbocycles. The molecule has 9 heavy (non-hydrogen) atoms. The van der Waals surface area contributed by atoms with Crippen LogP contribution < -0.4 is 0 Å². The van der Waals surface area contributed by atoms with Crippen molar-refractivity contribution in [1.82, 2.24) is 0 Å². The molecule has 0 radical (unpaired) electrons. The highest BCUT2D eigenvalue weighted by atomic mass is 31.2. The van der Waals surface area contributed by atoms with Crippen LogP contribution >= 0.6 is 7.82 Å². The Kier molecular flexibility index (Phi) is 7.26. The van der Waals surface area contributed by atoms with Gasteiger partial charge in [0.15, 0.2) is 0 Å². The van der Waals surface area contributed by atoms with Gasteiger partial charge in [-0.1, -0.05) is 0 Å². The molecule has 5 nitrogen and oxygen atoms in total. The van der Waals surface area contributed by atoms with E-state index in [2.05, 4.69) is 4.52 Å². The standard InChI is InChI=1S/C2H3N.CH5O4P/c1-2-3;1-5-6(2,3)4/h1H3;1H3,(H2,2,3,4). The van der Waals surface area contributed by atoms with Crippen LogP contribution in [0.3, 0.4) is 0 Å². The minimum Gasteiger partial charge on any atom is -0.303 e. The third-order valence-electron chi connectivity index (χ3n) is 0.238. The fourth-order valence-electron chi connectivity index (χ4n) is 0. The molecule has 6 heteroatoms. The van der Waals surface area contributed by atoms with Crippen molar-refractivity contribution in [3.05, 3.63) is 0 Å². The lowest BCUT2D eigenvalue weighted by molar-refractivity contribution is 0.235. The van der Waals surface area contributed by atoms with Crippen LogP contribution in [0.1, 0.15) is 6.92 Å². The third kappa shape index (κ3) is 35.3. The van der Waals surface area contributed by atoms with E-state index in [0.717, 1.165) is 7.11 Å². The molecule has 0 amide bonds. The van der Waals surface area contributed by atoms with Crippen molar-refractivity contribution in [3.8, 4) is 6.07 Å². The number of rotatable bonds is 1. The second-order valence-corrected chi connectivity index (χ2v) is 2.24. The van der Waals surface area contributed by atoms with Gasteiger partial charge in [0.2, 0.25) is 0 Å². The van der Waals surface area contributed by atoms with E-state index in [1.54, 1.807) is 6.07 Å². The molecule has 0 aromatic rings. The number of hydrogen-bond donors (Lipinski definition) is 2. The minimum atomic E-state index is -4.15. The van der Waals surface area contributed by atoms with E-state index in [9.17, 15) is 4.57 Å². The van der Waals surface area contributed by atoms with Crippen LogP contribution in [0.25, 0.3) is 0 Å². The molecular formula is C3H8NO4P. The van der Waals surface area contributed by atoms with Gasteiger partial charge in [0.05, 0.1) is 6.07 Å². The van der Waals surface area contributed by atoms with Gasteiger partial charge in [-0.3, -0.25) is 4.52 Å². The number of nitrogens with zero attached hydrogens (tertiary/aromatic N) is 1. The van der Waals surface area contributed by atoms with E-state index in [1.807, 2.05) is 0 Å². The van der Waals surface area contributed by atoms with Crippen molar-refractivity contribution in [1.29, 1.82) is 5.26 Å². The zero-order valence-corrected chi connectivity index (χ0v) is 6.00. The first-order valence-corrected chi connectivity index (χ1v) is 3.43. The molecule has 0 aliphatic carbocycles. The fraction of sp³-hybridized carbons (Fsp3) is 0.667. The highest BCUT2D eigenvalue weighted by Gasteiger charge is 2.07. The average molecular weight is 153 g/mol. The normalized spacial score (nSPS) is 8.78. The maximum atomic E-state index is 9.47. The van der Waals surface area contributed by atoms with Crippen molar-refractivity contribution in [2.45, 2.75) is 6.92 Å². The second kappa shape index (κ2) is 5.73. The van der Waals surface area contributed by atoms with E-state index in [1.165, 1.54) is 6.92 Å². The number of hydrogen-bond acceptors (Lipinski definition) is 3. The van der Waals surface area contributed by atoms with Crippen LogP contribution in [0.4, 0.5) is 0 Å². The lowest BCUT2D eigenvalue weighted by Crippen LogP contribution is -1.76. The minimum absolute atomic E-state index is 0.945. The third-order valence-corrected chi connectivity index (χ3v) is 0.714. The lowest BCUT2D eigenvalue weighted by atomic mass is 11.0. The van der Waals surface area contributed by atoms with E-state index in [0.29, 0.717) is 0 Å². The summed E-state index contributed by atoms with van der Waals surface area (Å²) in [6, 6.07) is 1.75. The van der Waals surface area contributed by atoms with Gasteiger partial charge in [-0.15, -0.1) is 0 Å². The monoisotopic (exact) mass is 153 g/mol. The maximum Gasteiger partial charge on any atom is 0.469 e. The average Bonchev–Trinajstić information content (AvgIpc) is 1.67. The largest absolute Gasteiger partial charge is 0.469 e. The molecule has 0 unspecified atom stereocenters. The number of phosphoric acid groups is 1. The molecular weight excluding hydrogens is 145 g/mol. The van der Waals surface area contributed by atoms with E-state index >= 15 is 0 Å². The molecule has 2 N–H and O–H groups in total. The van der Waals surface area contributed by atoms with Gasteiger partial charge in [0, 0.05) is 14.0 Å². The van der Waals surface area contributed by atoms with Crippen molar-refractivity contribution >= 4 is 7.82 Å². The van der Waals surface area contributed by atoms with Crippen LogP contribution in [0.15, 0.2) is 0 Å². The molecule has 0 fully saturated rings. The van der Waals surface area contributed by atoms with Gasteiger partial charge in [-0.25, -0.2) is 4.57 Å². The fourth-order valence-corrected chi connectivity index (χ4v) is 0. The molecule has 0 bridgehead atoms. The predicted molar refractivity (Wildman–Crippen MR) is 30.3 cm³/mol. The SMILES string of the molecule is CC#N.COP(=O)(O)O. The van der Waals surface area contributed by atoms with Crippen LogP contribution in [-0.4, -0.2) is 16.9 Å². The lowest BCUT2D eigenvalue weighted by Gasteiger charge is -1.93. The van der Waals surface area contributed by atoms with Crippen molar-refractivity contribution in [2.75, 3.05) is 7.11 Å². The van der Waals surface area contributed by atoms with Gasteiger partial charge >= 0.3 is 7.82 Å². The topological polar surface area (TPSA) is 90.5 Å². The zero-order chi connectivity index (χ0) is 7.91. The second-order valence-electron chi connectivity index (χ2n) is 0.897. The van der Waals surface area contributed by atoms with Crippen molar-refractivity contribution in [2.24, 2.45) is 0 Å². The van der Waals surface area contributed by atoms with Crippen LogP contribution in [0.5, 0.6) is 0 Å². The summed E-state index contributed by atoms with van der Waals surface area (Å²) in [4.78, 5) is 15.4. The Morgan fingerprint density at radius 3 is 1.78 bits per heavy atom. The summed E-state index contributed by atoms with van der Waals surface area (Å²) in [6.45, 7) is 1.43. The highest BCUT2D eigenvalue weighted by molar-refractivity contribution is 7.46. The zero-order valence-electron chi connectivity index (χ0n) is 5.11. The Morgan fingerprint density at radius 1 is 1.67 bits per heavy atom. The van der Waals surface area contributed by atoms with Crippen molar-refractivity contribution < 1.29 is 18.9 Å². The van der Waals surface area contributed by atoms with Crippen LogP contribution in [0.2, 0.25) is 0 Å². The summed E-state index contributed by atoms with van der Waals surface area (Å²) in [5, 5.41) is 7.32. The summed E-state index contributed by atoms with van der Waals surface area (Å²) >= 11 is 0. The van der Waals surface area contributed by atoms with Gasteiger partial charge in [0.25, 0.3) is 0 Å². The number of phosphoric ester groups is 1. The summed E-state index contributed by atoms with van der Waals surface area (Å²) < 4.78 is 13.1. The first kappa shape index (κ1) is 11.4. The Labute approximate surface area is 53.1 Å². The summed E-state index contributed by atoms with van der Waals surface area (Å²) in [6.07, 6.45) is 0. The number of nitriles is 1. The predicted octanol–water partition coefficient (Wildman–Crippen LogP) is 0.255. The summed E-state index contributed by atoms with van der Waals surface area (Å²) in [5.41, 5.74) is 0. The molecule has 0 rings (SSSR count). The Hall–Kier alpha value is -0.400. The molecule has 0 aliphatic rings. The van der Waals surface area contributed by atoms with Crippen molar-refractivity contribution in [3.63, 3.8) is 0 Å². The van der Waals surface area contributed by atoms with E-state index < -0.39 is 7.82 Å². The molecule has 0 aromatic carbocycles. The van der Waals surface area contributed by atoms with Gasteiger partial charge < -0.3 is 9.79 Å². The smallest absolute Gasteiger partial charge is 0.303 e. The van der Waals surface area contributed by atoms with Gasteiger partial charge in [-0.2, -0.15) is 5.26 Å². The molecule has 54 valence electrons. The quantitative estimate of drug-likeness (QED) is 0.527. The van der Waals surface area contributed by atoms with E-state index in [4.69, 9.17) is 15.0 Å².